The SMILES string of the molecule is CCCCCc1ccccc1Oc1ncccc1Nc1nc2ccc(C(C)OC)cc2s1. The second-order valence-corrected chi connectivity index (χ2v) is 8.80. The highest BCUT2D eigenvalue weighted by Gasteiger charge is 2.13. The number of fused-ring (bicyclic) bond motifs is 1. The van der Waals surface area contributed by atoms with Crippen molar-refractivity contribution in [3.05, 3.63) is 71.9 Å². The molecule has 4 rings (SSSR count). The van der Waals surface area contributed by atoms with Crippen LogP contribution in [0, 0.1) is 0 Å². The molecule has 166 valence electrons. The van der Waals surface area contributed by atoms with Crippen LogP contribution >= 0.6 is 11.3 Å². The first-order valence-corrected chi connectivity index (χ1v) is 11.9. The lowest BCUT2D eigenvalue weighted by molar-refractivity contribution is 0.119. The number of methoxy groups -OCH3 is 1. The molecule has 0 aliphatic carbocycles. The molecule has 0 aliphatic heterocycles. The summed E-state index contributed by atoms with van der Waals surface area (Å²) < 4.78 is 12.8. The van der Waals surface area contributed by atoms with Gasteiger partial charge in [-0.25, -0.2) is 9.97 Å². The van der Waals surface area contributed by atoms with E-state index >= 15 is 0 Å². The van der Waals surface area contributed by atoms with Crippen LogP contribution in [0.3, 0.4) is 0 Å². The molecule has 1 atom stereocenters. The monoisotopic (exact) mass is 447 g/mol. The number of para-hydroxylation sites is 1. The van der Waals surface area contributed by atoms with E-state index in [0.29, 0.717) is 5.88 Å². The van der Waals surface area contributed by atoms with Gasteiger partial charge < -0.3 is 14.8 Å². The zero-order chi connectivity index (χ0) is 22.3. The number of unbranched alkanes of at least 4 members (excludes halogenated alkanes) is 2. The van der Waals surface area contributed by atoms with Crippen molar-refractivity contribution in [3.8, 4) is 11.6 Å². The summed E-state index contributed by atoms with van der Waals surface area (Å²) in [5.41, 5.74) is 4.09. The standard InChI is InChI=1S/C26H29N3O2S/c1-4-5-6-10-19-11-7-8-13-23(19)31-25-22(12-9-16-27-25)29-26-28-21-15-14-20(18(2)30-3)17-24(21)32-26/h7-9,11-18H,4-6,10H2,1-3H3,(H,28,29). The van der Waals surface area contributed by atoms with Crippen LogP contribution in [0.25, 0.3) is 10.2 Å². The minimum absolute atomic E-state index is 0.0497. The largest absolute Gasteiger partial charge is 0.437 e. The van der Waals surface area contributed by atoms with E-state index in [4.69, 9.17) is 14.5 Å². The maximum Gasteiger partial charge on any atom is 0.243 e. The van der Waals surface area contributed by atoms with Gasteiger partial charge in [0.1, 0.15) is 11.4 Å². The lowest BCUT2D eigenvalue weighted by Gasteiger charge is -2.13. The van der Waals surface area contributed by atoms with Gasteiger partial charge in [-0.15, -0.1) is 0 Å². The summed E-state index contributed by atoms with van der Waals surface area (Å²) in [7, 11) is 1.72. The van der Waals surface area contributed by atoms with Gasteiger partial charge in [0.15, 0.2) is 5.13 Å². The summed E-state index contributed by atoms with van der Waals surface area (Å²) in [5, 5.41) is 4.21. The van der Waals surface area contributed by atoms with Crippen molar-refractivity contribution in [2.75, 3.05) is 12.4 Å². The highest BCUT2D eigenvalue weighted by atomic mass is 32.1. The molecule has 0 radical (unpaired) electrons. The summed E-state index contributed by atoms with van der Waals surface area (Å²) in [4.78, 5) is 9.22. The summed E-state index contributed by atoms with van der Waals surface area (Å²) >= 11 is 1.60. The number of benzene rings is 2. The maximum atomic E-state index is 6.27. The number of thiazole rings is 1. The third-order valence-electron chi connectivity index (χ3n) is 5.48. The van der Waals surface area contributed by atoms with E-state index < -0.39 is 0 Å². The normalized spacial score (nSPS) is 12.1. The molecule has 0 saturated heterocycles. The van der Waals surface area contributed by atoms with Gasteiger partial charge in [0.2, 0.25) is 5.88 Å². The number of aromatic nitrogens is 2. The second kappa shape index (κ2) is 10.6. The first-order chi connectivity index (χ1) is 15.7. The molecule has 2 heterocycles. The Bertz CT molecular complexity index is 1170. The molecule has 0 spiro atoms. The van der Waals surface area contributed by atoms with Gasteiger partial charge in [-0.3, -0.25) is 0 Å². The van der Waals surface area contributed by atoms with Crippen LogP contribution in [0.1, 0.15) is 50.3 Å². The molecule has 0 bridgehead atoms. The van der Waals surface area contributed by atoms with E-state index in [0.717, 1.165) is 45.2 Å². The van der Waals surface area contributed by atoms with Gasteiger partial charge in [0.25, 0.3) is 0 Å². The number of nitrogens with zero attached hydrogens (tertiary/aromatic N) is 2. The lowest BCUT2D eigenvalue weighted by Crippen LogP contribution is -1.98. The highest BCUT2D eigenvalue weighted by molar-refractivity contribution is 7.22. The fourth-order valence-corrected chi connectivity index (χ4v) is 4.47. The Labute approximate surface area is 193 Å². The van der Waals surface area contributed by atoms with Crippen LogP contribution in [-0.4, -0.2) is 17.1 Å². The van der Waals surface area contributed by atoms with Crippen molar-refractivity contribution < 1.29 is 9.47 Å². The molecule has 4 aromatic rings. The molecule has 1 unspecified atom stereocenters. The molecular formula is C26H29N3O2S. The van der Waals surface area contributed by atoms with Crippen molar-refractivity contribution in [2.24, 2.45) is 0 Å². The quantitative estimate of drug-likeness (QED) is 0.253. The van der Waals surface area contributed by atoms with Crippen molar-refractivity contribution >= 4 is 32.4 Å². The van der Waals surface area contributed by atoms with Crippen LogP contribution in [0.15, 0.2) is 60.8 Å². The highest BCUT2D eigenvalue weighted by Crippen LogP contribution is 2.35. The number of nitrogens with one attached hydrogen (secondary N) is 1. The van der Waals surface area contributed by atoms with E-state index in [1.54, 1.807) is 24.6 Å². The number of pyridine rings is 1. The predicted octanol–water partition coefficient (Wildman–Crippen LogP) is 7.67. The molecular weight excluding hydrogens is 418 g/mol. The van der Waals surface area contributed by atoms with Crippen LogP contribution in [0.5, 0.6) is 11.6 Å². The molecule has 0 saturated carbocycles. The van der Waals surface area contributed by atoms with Crippen molar-refractivity contribution in [3.63, 3.8) is 0 Å². The molecule has 6 heteroatoms. The third kappa shape index (κ3) is 5.26. The zero-order valence-electron chi connectivity index (χ0n) is 18.8. The topological polar surface area (TPSA) is 56.3 Å². The molecule has 2 aromatic carbocycles. The summed E-state index contributed by atoms with van der Waals surface area (Å²) in [6.45, 7) is 4.26. The van der Waals surface area contributed by atoms with Gasteiger partial charge in [-0.2, -0.15) is 0 Å². The Hall–Kier alpha value is -2.96. The Balaban J connectivity index is 1.56. The minimum Gasteiger partial charge on any atom is -0.437 e. The van der Waals surface area contributed by atoms with Crippen LogP contribution < -0.4 is 10.1 Å². The Morgan fingerprint density at radius 1 is 1.06 bits per heavy atom. The average molecular weight is 448 g/mol. The van der Waals surface area contributed by atoms with Gasteiger partial charge >= 0.3 is 0 Å². The number of rotatable bonds is 10. The molecule has 1 N–H and O–H groups in total. The first kappa shape index (κ1) is 22.2. The Kier molecular flexibility index (Phi) is 7.35. The summed E-state index contributed by atoms with van der Waals surface area (Å²) in [6, 6.07) is 18.3. The molecule has 5 nitrogen and oxygen atoms in total. The molecule has 0 amide bonds. The van der Waals surface area contributed by atoms with E-state index in [-0.39, 0.29) is 6.10 Å². The van der Waals surface area contributed by atoms with E-state index in [1.807, 2.05) is 37.3 Å². The number of ether oxygens (including phenoxy) is 2. The fraction of sp³-hybridized carbons (Fsp3) is 0.308. The van der Waals surface area contributed by atoms with Crippen molar-refractivity contribution in [2.45, 2.75) is 45.6 Å². The van der Waals surface area contributed by atoms with E-state index in [1.165, 1.54) is 18.4 Å². The number of aryl methyl sites for hydroxylation is 1. The Morgan fingerprint density at radius 3 is 2.78 bits per heavy atom. The first-order valence-electron chi connectivity index (χ1n) is 11.1. The third-order valence-corrected chi connectivity index (χ3v) is 6.41. The fourth-order valence-electron chi connectivity index (χ4n) is 3.55. The van der Waals surface area contributed by atoms with Gasteiger partial charge in [0.05, 0.1) is 16.3 Å². The second-order valence-electron chi connectivity index (χ2n) is 7.77. The predicted molar refractivity (Wildman–Crippen MR) is 132 cm³/mol. The van der Waals surface area contributed by atoms with E-state index in [9.17, 15) is 0 Å². The van der Waals surface area contributed by atoms with Gasteiger partial charge in [0, 0.05) is 13.3 Å². The van der Waals surface area contributed by atoms with Gasteiger partial charge in [-0.05, 0) is 61.2 Å². The number of hydrogen-bond donors (Lipinski definition) is 1. The van der Waals surface area contributed by atoms with Crippen LogP contribution in [0.2, 0.25) is 0 Å². The minimum atomic E-state index is 0.0497. The van der Waals surface area contributed by atoms with Crippen LogP contribution in [-0.2, 0) is 11.2 Å². The van der Waals surface area contributed by atoms with Crippen molar-refractivity contribution in [1.29, 1.82) is 0 Å². The molecule has 2 aromatic heterocycles. The van der Waals surface area contributed by atoms with Gasteiger partial charge in [-0.1, -0.05) is 55.4 Å². The summed E-state index contributed by atoms with van der Waals surface area (Å²) in [6.07, 6.45) is 6.36. The van der Waals surface area contributed by atoms with Crippen LogP contribution in [0.4, 0.5) is 10.8 Å². The lowest BCUT2D eigenvalue weighted by atomic mass is 10.1. The average Bonchev–Trinajstić information content (AvgIpc) is 3.22. The number of hydrogen-bond acceptors (Lipinski definition) is 6. The Morgan fingerprint density at radius 2 is 1.94 bits per heavy atom. The molecule has 32 heavy (non-hydrogen) atoms. The zero-order valence-corrected chi connectivity index (χ0v) is 19.6. The molecule has 0 fully saturated rings. The smallest absolute Gasteiger partial charge is 0.243 e. The summed E-state index contributed by atoms with van der Waals surface area (Å²) in [5.74, 6) is 1.40. The number of anilines is 2. The molecule has 0 aliphatic rings. The van der Waals surface area contributed by atoms with E-state index in [2.05, 4.69) is 41.5 Å². The van der Waals surface area contributed by atoms with Crippen molar-refractivity contribution in [1.82, 2.24) is 9.97 Å². The maximum absolute atomic E-state index is 6.27.